The number of nitrogens with one attached hydrogen (secondary N) is 1. The van der Waals surface area contributed by atoms with Crippen LogP contribution in [0.3, 0.4) is 0 Å². The number of aliphatic hydroxyl groups is 1. The van der Waals surface area contributed by atoms with Crippen LogP contribution in [0.4, 0.5) is 5.82 Å². The molecule has 4 heteroatoms. The molecule has 1 aliphatic carbocycles. The molecular weight excluding hydrogens is 252 g/mol. The van der Waals surface area contributed by atoms with Crippen molar-refractivity contribution in [3.63, 3.8) is 0 Å². The molecule has 0 bridgehead atoms. The monoisotopic (exact) mass is 272 g/mol. The van der Waals surface area contributed by atoms with Crippen LogP contribution in [0.5, 0.6) is 0 Å². The number of pyridine rings is 1. The van der Waals surface area contributed by atoms with Gasteiger partial charge in [0.2, 0.25) is 5.91 Å². The molecule has 0 aliphatic heterocycles. The van der Waals surface area contributed by atoms with E-state index in [0.29, 0.717) is 12.2 Å². The van der Waals surface area contributed by atoms with Crippen LogP contribution in [0.25, 0.3) is 0 Å². The van der Waals surface area contributed by atoms with Gasteiger partial charge in [0.1, 0.15) is 5.82 Å². The second-order valence-electron chi connectivity index (χ2n) is 5.43. The summed E-state index contributed by atoms with van der Waals surface area (Å²) >= 11 is 0. The Labute approximate surface area is 119 Å². The van der Waals surface area contributed by atoms with Crippen molar-refractivity contribution in [1.29, 1.82) is 0 Å². The van der Waals surface area contributed by atoms with Crippen molar-refractivity contribution < 1.29 is 9.90 Å². The third kappa shape index (κ3) is 3.58. The molecule has 1 aromatic heterocycles. The molecule has 1 aromatic rings. The smallest absolute Gasteiger partial charge is 0.231 e. The van der Waals surface area contributed by atoms with E-state index in [-0.39, 0.29) is 17.9 Å². The Morgan fingerprint density at radius 1 is 1.50 bits per heavy atom. The summed E-state index contributed by atoms with van der Waals surface area (Å²) in [5.41, 5.74) is 0.528. The molecule has 106 valence electrons. The second kappa shape index (κ2) is 6.53. The van der Waals surface area contributed by atoms with Crippen LogP contribution in [0.15, 0.2) is 18.3 Å². The first-order valence-electron chi connectivity index (χ1n) is 7.01. The highest BCUT2D eigenvalue weighted by molar-refractivity contribution is 5.94. The van der Waals surface area contributed by atoms with Gasteiger partial charge in [-0.2, -0.15) is 0 Å². The molecule has 1 fully saturated rings. The number of anilines is 1. The number of rotatable bonds is 3. The third-order valence-corrected chi connectivity index (χ3v) is 3.73. The fourth-order valence-corrected chi connectivity index (χ4v) is 2.45. The highest BCUT2D eigenvalue weighted by Crippen LogP contribution is 2.38. The molecule has 0 atom stereocenters. The molecule has 1 aliphatic rings. The number of aliphatic hydroxyl groups excluding tert-OH is 1. The second-order valence-corrected chi connectivity index (χ2v) is 5.43. The summed E-state index contributed by atoms with van der Waals surface area (Å²) in [5.74, 6) is 6.38. The lowest BCUT2D eigenvalue weighted by molar-refractivity contribution is -0.124. The standard InChI is InChI=1S/C16H20N2O2/c1-16(8-3-4-9-16)15(20)18-14-12-13(7-10-17-14)6-2-5-11-19/h7,10,12,19H,3-5,8-9,11H2,1H3,(H,17,18,20). The quantitative estimate of drug-likeness (QED) is 0.830. The number of carbonyl (C=O) groups excluding carboxylic acids is 1. The van der Waals surface area contributed by atoms with Crippen LogP contribution in [0, 0.1) is 17.3 Å². The van der Waals surface area contributed by atoms with E-state index < -0.39 is 0 Å². The van der Waals surface area contributed by atoms with Gasteiger partial charge in [-0.15, -0.1) is 0 Å². The van der Waals surface area contributed by atoms with Crippen molar-refractivity contribution in [2.24, 2.45) is 5.41 Å². The number of hydrogen-bond acceptors (Lipinski definition) is 3. The van der Waals surface area contributed by atoms with E-state index in [1.54, 1.807) is 18.3 Å². The van der Waals surface area contributed by atoms with Gasteiger partial charge in [0.05, 0.1) is 6.61 Å². The van der Waals surface area contributed by atoms with Gasteiger partial charge >= 0.3 is 0 Å². The van der Waals surface area contributed by atoms with Gasteiger partial charge in [-0.05, 0) is 25.0 Å². The number of amides is 1. The minimum atomic E-state index is -0.264. The van der Waals surface area contributed by atoms with E-state index in [4.69, 9.17) is 5.11 Å². The zero-order valence-corrected chi connectivity index (χ0v) is 11.8. The van der Waals surface area contributed by atoms with E-state index in [1.807, 2.05) is 6.92 Å². The summed E-state index contributed by atoms with van der Waals surface area (Å²) in [6, 6.07) is 3.55. The largest absolute Gasteiger partial charge is 0.395 e. The van der Waals surface area contributed by atoms with E-state index in [0.717, 1.165) is 31.2 Å². The Balaban J connectivity index is 2.05. The molecule has 20 heavy (non-hydrogen) atoms. The van der Waals surface area contributed by atoms with Gasteiger partial charge < -0.3 is 10.4 Å². The molecule has 0 aromatic carbocycles. The van der Waals surface area contributed by atoms with Gasteiger partial charge in [-0.25, -0.2) is 4.98 Å². The minimum Gasteiger partial charge on any atom is -0.395 e. The molecule has 1 heterocycles. The van der Waals surface area contributed by atoms with E-state index in [1.165, 1.54) is 0 Å². The number of nitrogens with zero attached hydrogens (tertiary/aromatic N) is 1. The lowest BCUT2D eigenvalue weighted by atomic mass is 9.88. The van der Waals surface area contributed by atoms with Crippen LogP contribution < -0.4 is 5.32 Å². The SMILES string of the molecule is CC1(C(=O)Nc2cc(C#CCCO)ccn2)CCCC1. The Morgan fingerprint density at radius 2 is 2.25 bits per heavy atom. The van der Waals surface area contributed by atoms with Crippen LogP contribution >= 0.6 is 0 Å². The molecule has 1 saturated carbocycles. The maximum Gasteiger partial charge on any atom is 0.231 e. The molecule has 4 nitrogen and oxygen atoms in total. The van der Waals surface area contributed by atoms with Gasteiger partial charge in [0, 0.05) is 23.6 Å². The molecule has 0 unspecified atom stereocenters. The first kappa shape index (κ1) is 14.5. The third-order valence-electron chi connectivity index (χ3n) is 3.73. The lowest BCUT2D eigenvalue weighted by Gasteiger charge is -2.21. The maximum atomic E-state index is 12.3. The summed E-state index contributed by atoms with van der Waals surface area (Å²) in [4.78, 5) is 16.4. The van der Waals surface area contributed by atoms with Crippen molar-refractivity contribution in [3.8, 4) is 11.8 Å². The molecule has 0 radical (unpaired) electrons. The van der Waals surface area contributed by atoms with Gasteiger partial charge in [-0.3, -0.25) is 4.79 Å². The summed E-state index contributed by atoms with van der Waals surface area (Å²) in [7, 11) is 0. The molecule has 1 amide bonds. The predicted octanol–water partition coefficient (Wildman–Crippen LogP) is 2.33. The Hall–Kier alpha value is -1.86. The van der Waals surface area contributed by atoms with Crippen molar-refractivity contribution in [3.05, 3.63) is 23.9 Å². The lowest BCUT2D eigenvalue weighted by Crippen LogP contribution is -2.31. The van der Waals surface area contributed by atoms with E-state index in [9.17, 15) is 4.79 Å². The first-order valence-corrected chi connectivity index (χ1v) is 7.01. The maximum absolute atomic E-state index is 12.3. The van der Waals surface area contributed by atoms with Gasteiger partial charge in [-0.1, -0.05) is 31.6 Å². The molecule has 2 N–H and O–H groups in total. The Kier molecular flexibility index (Phi) is 4.75. The fourth-order valence-electron chi connectivity index (χ4n) is 2.45. The molecule has 0 spiro atoms. The van der Waals surface area contributed by atoms with Crippen LogP contribution in [-0.4, -0.2) is 22.6 Å². The van der Waals surface area contributed by atoms with Gasteiger partial charge in [0.25, 0.3) is 0 Å². The van der Waals surface area contributed by atoms with Gasteiger partial charge in [0.15, 0.2) is 0 Å². The topological polar surface area (TPSA) is 62.2 Å². The normalized spacial score (nSPS) is 16.3. The number of aromatic nitrogens is 1. The van der Waals surface area contributed by atoms with Crippen molar-refractivity contribution >= 4 is 11.7 Å². The average Bonchev–Trinajstić information content (AvgIpc) is 2.88. The number of hydrogen-bond donors (Lipinski definition) is 2. The zero-order chi connectivity index (χ0) is 14.4. The average molecular weight is 272 g/mol. The van der Waals surface area contributed by atoms with Crippen LogP contribution in [-0.2, 0) is 4.79 Å². The van der Waals surface area contributed by atoms with Crippen molar-refractivity contribution in [2.45, 2.75) is 39.0 Å². The molecule has 0 saturated heterocycles. The molecule has 2 rings (SSSR count). The fraction of sp³-hybridized carbons (Fsp3) is 0.500. The summed E-state index contributed by atoms with van der Waals surface area (Å²) in [6.07, 6.45) is 6.19. The zero-order valence-electron chi connectivity index (χ0n) is 11.8. The number of carbonyl (C=O) groups is 1. The Morgan fingerprint density at radius 3 is 2.95 bits per heavy atom. The summed E-state index contributed by atoms with van der Waals surface area (Å²) in [6.45, 7) is 2.07. The van der Waals surface area contributed by atoms with Crippen LogP contribution in [0.2, 0.25) is 0 Å². The molecular formula is C16H20N2O2. The highest BCUT2D eigenvalue weighted by atomic mass is 16.2. The predicted molar refractivity (Wildman–Crippen MR) is 78.0 cm³/mol. The van der Waals surface area contributed by atoms with E-state index >= 15 is 0 Å². The minimum absolute atomic E-state index is 0.0444. The van der Waals surface area contributed by atoms with Crippen LogP contribution in [0.1, 0.15) is 44.6 Å². The van der Waals surface area contributed by atoms with Crippen molar-refractivity contribution in [1.82, 2.24) is 4.98 Å². The highest BCUT2D eigenvalue weighted by Gasteiger charge is 2.36. The Bertz CT molecular complexity index is 537. The van der Waals surface area contributed by atoms with Crippen molar-refractivity contribution in [2.75, 3.05) is 11.9 Å². The first-order chi connectivity index (χ1) is 9.64. The summed E-state index contributed by atoms with van der Waals surface area (Å²) in [5, 5.41) is 11.6. The van der Waals surface area contributed by atoms with E-state index in [2.05, 4.69) is 22.1 Å². The summed E-state index contributed by atoms with van der Waals surface area (Å²) < 4.78 is 0.